The van der Waals surface area contributed by atoms with Gasteiger partial charge in [-0.15, -0.1) is 0 Å². The van der Waals surface area contributed by atoms with E-state index in [1.54, 1.807) is 31.2 Å². The number of esters is 1. The van der Waals surface area contributed by atoms with Crippen molar-refractivity contribution in [2.45, 2.75) is 25.9 Å². The third kappa shape index (κ3) is 3.72. The smallest absolute Gasteiger partial charge is 0.374 e. The van der Waals surface area contributed by atoms with Crippen LogP contribution in [0.4, 0.5) is 0 Å². The average molecular weight is 319 g/mol. The van der Waals surface area contributed by atoms with Crippen LogP contribution in [0.2, 0.25) is 0 Å². The van der Waals surface area contributed by atoms with Crippen molar-refractivity contribution >= 4 is 5.97 Å². The van der Waals surface area contributed by atoms with Gasteiger partial charge < -0.3 is 19.4 Å². The fraction of sp³-hybridized carbons (Fsp3) is 0.353. The summed E-state index contributed by atoms with van der Waals surface area (Å²) in [4.78, 5) is 11.6. The standard InChI is InChI=1S/C17H21NO5/c1-11-7-14(23-15(11)16(21)22-3)9-18-17(2,10-19)12-5-4-6-13(20)8-12/h4-8,18-20H,9-10H2,1-3H3/t17-/m1/s1. The van der Waals surface area contributed by atoms with Crippen molar-refractivity contribution in [1.29, 1.82) is 0 Å². The Morgan fingerprint density at radius 3 is 2.74 bits per heavy atom. The van der Waals surface area contributed by atoms with Crippen molar-refractivity contribution in [3.05, 3.63) is 53.0 Å². The molecule has 124 valence electrons. The predicted octanol–water partition coefficient (Wildman–Crippen LogP) is 2.08. The van der Waals surface area contributed by atoms with Gasteiger partial charge in [-0.05, 0) is 37.6 Å². The van der Waals surface area contributed by atoms with E-state index in [2.05, 4.69) is 10.1 Å². The fourth-order valence-electron chi connectivity index (χ4n) is 2.31. The number of furan rings is 1. The molecule has 1 heterocycles. The van der Waals surface area contributed by atoms with Crippen LogP contribution in [0, 0.1) is 6.92 Å². The Labute approximate surface area is 134 Å². The topological polar surface area (TPSA) is 91.9 Å². The number of aryl methyl sites for hydroxylation is 1. The van der Waals surface area contributed by atoms with Crippen LogP contribution < -0.4 is 5.32 Å². The molecule has 0 spiro atoms. The number of benzene rings is 1. The number of hydrogen-bond donors (Lipinski definition) is 3. The highest BCUT2D eigenvalue weighted by Gasteiger charge is 2.26. The first-order valence-electron chi connectivity index (χ1n) is 7.22. The lowest BCUT2D eigenvalue weighted by Gasteiger charge is -2.29. The number of carbonyl (C=O) groups excluding carboxylic acids is 1. The maximum Gasteiger partial charge on any atom is 0.374 e. The minimum absolute atomic E-state index is 0.130. The molecule has 2 rings (SSSR count). The molecule has 0 fully saturated rings. The lowest BCUT2D eigenvalue weighted by atomic mass is 9.92. The van der Waals surface area contributed by atoms with Crippen molar-refractivity contribution < 1.29 is 24.2 Å². The van der Waals surface area contributed by atoms with Gasteiger partial charge in [0.25, 0.3) is 0 Å². The van der Waals surface area contributed by atoms with E-state index in [-0.39, 0.29) is 18.1 Å². The Bertz CT molecular complexity index is 694. The third-order valence-corrected chi connectivity index (χ3v) is 3.79. The highest BCUT2D eigenvalue weighted by Crippen LogP contribution is 2.25. The molecule has 1 aromatic heterocycles. The minimum atomic E-state index is -0.759. The second kappa shape index (κ2) is 6.85. The van der Waals surface area contributed by atoms with Crippen LogP contribution in [0.3, 0.4) is 0 Å². The molecule has 2 aromatic rings. The molecule has 0 saturated heterocycles. The zero-order valence-corrected chi connectivity index (χ0v) is 13.4. The fourth-order valence-corrected chi connectivity index (χ4v) is 2.31. The van der Waals surface area contributed by atoms with Crippen LogP contribution >= 0.6 is 0 Å². The first-order valence-corrected chi connectivity index (χ1v) is 7.22. The molecular formula is C17H21NO5. The molecule has 0 radical (unpaired) electrons. The lowest BCUT2D eigenvalue weighted by molar-refractivity contribution is 0.0561. The summed E-state index contributed by atoms with van der Waals surface area (Å²) >= 11 is 0. The first-order chi connectivity index (χ1) is 10.9. The van der Waals surface area contributed by atoms with Gasteiger partial charge in [-0.25, -0.2) is 4.79 Å². The van der Waals surface area contributed by atoms with Crippen LogP contribution in [0.5, 0.6) is 5.75 Å². The largest absolute Gasteiger partial charge is 0.508 e. The molecule has 3 N–H and O–H groups in total. The Hall–Kier alpha value is -2.31. The number of hydrogen-bond acceptors (Lipinski definition) is 6. The van der Waals surface area contributed by atoms with Crippen molar-refractivity contribution in [2.75, 3.05) is 13.7 Å². The molecule has 0 aliphatic rings. The summed E-state index contributed by atoms with van der Waals surface area (Å²) in [6.45, 7) is 3.73. The molecule has 0 aliphatic heterocycles. The van der Waals surface area contributed by atoms with E-state index < -0.39 is 11.5 Å². The number of rotatable bonds is 6. The monoisotopic (exact) mass is 319 g/mol. The molecule has 1 atom stereocenters. The molecule has 6 nitrogen and oxygen atoms in total. The number of nitrogens with one attached hydrogen (secondary N) is 1. The van der Waals surface area contributed by atoms with Crippen LogP contribution in [0.25, 0.3) is 0 Å². The van der Waals surface area contributed by atoms with Gasteiger partial charge in [0, 0.05) is 5.56 Å². The summed E-state index contributed by atoms with van der Waals surface area (Å²) in [5, 5.41) is 22.5. The zero-order valence-electron chi connectivity index (χ0n) is 13.4. The number of aliphatic hydroxyl groups excluding tert-OH is 1. The first kappa shape index (κ1) is 17.1. The van der Waals surface area contributed by atoms with Crippen molar-refractivity contribution in [2.24, 2.45) is 0 Å². The summed E-state index contributed by atoms with van der Waals surface area (Å²) in [6, 6.07) is 8.44. The summed E-state index contributed by atoms with van der Waals surface area (Å²) in [6.07, 6.45) is 0. The van der Waals surface area contributed by atoms with E-state index in [1.165, 1.54) is 7.11 Å². The summed E-state index contributed by atoms with van der Waals surface area (Å²) in [5.74, 6) is 0.340. The molecule has 0 aliphatic carbocycles. The number of methoxy groups -OCH3 is 1. The normalized spacial score (nSPS) is 13.6. The summed E-state index contributed by atoms with van der Waals surface area (Å²) in [5.41, 5.74) is 0.679. The molecule has 0 saturated carbocycles. The van der Waals surface area contributed by atoms with E-state index in [4.69, 9.17) is 4.42 Å². The highest BCUT2D eigenvalue weighted by atomic mass is 16.5. The molecule has 6 heteroatoms. The second-order valence-electron chi connectivity index (χ2n) is 5.61. The maximum atomic E-state index is 11.6. The van der Waals surface area contributed by atoms with E-state index in [0.29, 0.717) is 17.9 Å². The molecular weight excluding hydrogens is 298 g/mol. The van der Waals surface area contributed by atoms with E-state index >= 15 is 0 Å². The predicted molar refractivity (Wildman–Crippen MR) is 84.2 cm³/mol. The molecule has 1 aromatic carbocycles. The Kier molecular flexibility index (Phi) is 5.08. The van der Waals surface area contributed by atoms with Crippen LogP contribution in [0.1, 0.15) is 34.4 Å². The van der Waals surface area contributed by atoms with Gasteiger partial charge in [0.1, 0.15) is 11.5 Å². The third-order valence-electron chi connectivity index (χ3n) is 3.79. The Balaban J connectivity index is 2.16. The average Bonchev–Trinajstić information content (AvgIpc) is 2.93. The maximum absolute atomic E-state index is 11.6. The number of aromatic hydroxyl groups is 1. The Morgan fingerprint density at radius 2 is 2.13 bits per heavy atom. The van der Waals surface area contributed by atoms with Gasteiger partial charge in [-0.3, -0.25) is 5.32 Å². The van der Waals surface area contributed by atoms with E-state index in [9.17, 15) is 15.0 Å². The van der Waals surface area contributed by atoms with Gasteiger partial charge in [0.2, 0.25) is 5.76 Å². The number of carbonyl (C=O) groups is 1. The van der Waals surface area contributed by atoms with Crippen molar-refractivity contribution in [3.8, 4) is 5.75 Å². The molecule has 0 amide bonds. The quantitative estimate of drug-likeness (QED) is 0.706. The lowest BCUT2D eigenvalue weighted by Crippen LogP contribution is -2.42. The number of ether oxygens (including phenoxy) is 1. The minimum Gasteiger partial charge on any atom is -0.508 e. The van der Waals surface area contributed by atoms with Gasteiger partial charge in [0.05, 0.1) is 25.8 Å². The molecule has 0 unspecified atom stereocenters. The van der Waals surface area contributed by atoms with Gasteiger partial charge >= 0.3 is 5.97 Å². The van der Waals surface area contributed by atoms with Crippen molar-refractivity contribution in [1.82, 2.24) is 5.32 Å². The summed E-state index contributed by atoms with van der Waals surface area (Å²) in [7, 11) is 1.30. The van der Waals surface area contributed by atoms with Crippen LogP contribution in [0.15, 0.2) is 34.7 Å². The van der Waals surface area contributed by atoms with Crippen LogP contribution in [-0.4, -0.2) is 29.9 Å². The molecule has 23 heavy (non-hydrogen) atoms. The summed E-state index contributed by atoms with van der Waals surface area (Å²) < 4.78 is 10.2. The van der Waals surface area contributed by atoms with Crippen LogP contribution in [-0.2, 0) is 16.8 Å². The number of aliphatic hydroxyl groups is 1. The van der Waals surface area contributed by atoms with Gasteiger partial charge in [-0.1, -0.05) is 12.1 Å². The van der Waals surface area contributed by atoms with Gasteiger partial charge in [0.15, 0.2) is 0 Å². The highest BCUT2D eigenvalue weighted by molar-refractivity contribution is 5.87. The van der Waals surface area contributed by atoms with E-state index in [1.807, 2.05) is 13.0 Å². The SMILES string of the molecule is COC(=O)c1oc(CN[C@](C)(CO)c2cccc(O)c2)cc1C. The molecule has 0 bridgehead atoms. The number of phenolic OH excluding ortho intramolecular Hbond substituents is 1. The zero-order chi connectivity index (χ0) is 17.0. The van der Waals surface area contributed by atoms with Crippen molar-refractivity contribution in [3.63, 3.8) is 0 Å². The van der Waals surface area contributed by atoms with Gasteiger partial charge in [-0.2, -0.15) is 0 Å². The number of phenols is 1. The Morgan fingerprint density at radius 1 is 1.39 bits per heavy atom. The van der Waals surface area contributed by atoms with E-state index in [0.717, 1.165) is 5.56 Å². The second-order valence-corrected chi connectivity index (χ2v) is 5.61.